The normalized spacial score (nSPS) is 10.6. The molecule has 0 fully saturated rings. The molecule has 8 heteroatoms. The van der Waals surface area contributed by atoms with Crippen LogP contribution in [0.4, 0.5) is 0 Å². The van der Waals surface area contributed by atoms with Crippen LogP contribution in [0, 0.1) is 0 Å². The van der Waals surface area contributed by atoms with Crippen LogP contribution in [0.2, 0.25) is 0 Å². The van der Waals surface area contributed by atoms with E-state index in [0.29, 0.717) is 26.0 Å². The number of fused-ring (bicyclic) bond motifs is 3. The summed E-state index contributed by atoms with van der Waals surface area (Å²) in [6, 6.07) is 16.2. The zero-order valence-electron chi connectivity index (χ0n) is 16.3. The molecule has 0 spiro atoms. The van der Waals surface area contributed by atoms with E-state index in [0.717, 1.165) is 5.39 Å². The molecule has 2 aromatic heterocycles. The Bertz CT molecular complexity index is 1310. The third-order valence-corrected chi connectivity index (χ3v) is 6.00. The molecule has 4 rings (SSSR count). The van der Waals surface area contributed by atoms with Gasteiger partial charge in [-0.15, -0.1) is 23.7 Å². The minimum Gasteiger partial charge on any atom is -0.494 e. The molecular formula is C22H19ClN2O4S. The molecule has 2 aromatic carbocycles. The fourth-order valence-corrected chi connectivity index (χ4v) is 4.66. The number of hydrogen-bond acceptors (Lipinski definition) is 5. The molecule has 0 radical (unpaired) electrons. The molecule has 2 heterocycles. The molecule has 154 valence electrons. The molecule has 0 unspecified atom stereocenters. The first-order valence-electron chi connectivity index (χ1n) is 8.99. The van der Waals surface area contributed by atoms with E-state index in [1.807, 2.05) is 24.3 Å². The van der Waals surface area contributed by atoms with E-state index in [-0.39, 0.29) is 42.0 Å². The number of ether oxygens (including phenoxy) is 1. The van der Waals surface area contributed by atoms with Crippen molar-refractivity contribution >= 4 is 56.4 Å². The monoisotopic (exact) mass is 442 g/mol. The lowest BCUT2D eigenvalue weighted by atomic mass is 10.1. The molecule has 0 saturated carbocycles. The maximum Gasteiger partial charge on any atom is 0.264 e. The average Bonchev–Trinajstić information content (AvgIpc) is 3.16. The Labute approximate surface area is 182 Å². The second kappa shape index (κ2) is 8.69. The Morgan fingerprint density at radius 3 is 2.40 bits per heavy atom. The number of amides is 1. The van der Waals surface area contributed by atoms with E-state index in [1.54, 1.807) is 30.3 Å². The molecule has 1 amide bonds. The number of carbonyl (C=O) groups is 2. The van der Waals surface area contributed by atoms with Crippen LogP contribution in [0.5, 0.6) is 5.75 Å². The maximum atomic E-state index is 13.4. The lowest BCUT2D eigenvalue weighted by molar-refractivity contribution is 0.0959. The summed E-state index contributed by atoms with van der Waals surface area (Å²) < 4.78 is 7.57. The summed E-state index contributed by atoms with van der Waals surface area (Å²) in [5.41, 5.74) is 0.819. The standard InChI is InChI=1S/C22H18N2O4S.ClH/c1-23-21(26)20-18(28-2)17-19(29-20)14-10-6-7-11-15(14)24(22(17)27)12-16(25)13-8-4-3-5-9-13;/h3-11H,12H2,1-2H3,(H,23,26);1H. The fraction of sp³-hybridized carbons (Fsp3) is 0.136. The van der Waals surface area contributed by atoms with Crippen molar-refractivity contribution in [2.24, 2.45) is 0 Å². The minimum atomic E-state index is -0.355. The van der Waals surface area contributed by atoms with Gasteiger partial charge in [-0.05, 0) is 6.07 Å². The summed E-state index contributed by atoms with van der Waals surface area (Å²) in [5.74, 6) is -0.252. The highest BCUT2D eigenvalue weighted by atomic mass is 35.5. The van der Waals surface area contributed by atoms with Gasteiger partial charge in [-0.25, -0.2) is 0 Å². The Morgan fingerprint density at radius 2 is 1.73 bits per heavy atom. The fourth-order valence-electron chi connectivity index (χ4n) is 3.42. The maximum absolute atomic E-state index is 13.4. The van der Waals surface area contributed by atoms with Crippen molar-refractivity contribution < 1.29 is 14.3 Å². The van der Waals surface area contributed by atoms with Gasteiger partial charge in [0.25, 0.3) is 11.5 Å². The highest BCUT2D eigenvalue weighted by molar-refractivity contribution is 7.22. The number of para-hydroxylation sites is 1. The Kier molecular flexibility index (Phi) is 6.24. The number of hydrogen-bond donors (Lipinski definition) is 1. The summed E-state index contributed by atoms with van der Waals surface area (Å²) in [4.78, 5) is 38.9. The number of nitrogens with zero attached hydrogens (tertiary/aromatic N) is 1. The van der Waals surface area contributed by atoms with Gasteiger partial charge in [0.15, 0.2) is 11.5 Å². The van der Waals surface area contributed by atoms with Crippen molar-refractivity contribution in [3.05, 3.63) is 75.4 Å². The largest absolute Gasteiger partial charge is 0.494 e. The molecule has 0 bridgehead atoms. The van der Waals surface area contributed by atoms with Gasteiger partial charge < -0.3 is 10.1 Å². The van der Waals surface area contributed by atoms with Gasteiger partial charge in [0.2, 0.25) is 0 Å². The first-order valence-corrected chi connectivity index (χ1v) is 9.80. The van der Waals surface area contributed by atoms with Crippen molar-refractivity contribution in [1.29, 1.82) is 0 Å². The number of ketones is 1. The molecular weight excluding hydrogens is 424 g/mol. The first-order chi connectivity index (χ1) is 14.1. The van der Waals surface area contributed by atoms with Crippen LogP contribution in [-0.4, -0.2) is 30.4 Å². The second-order valence-electron chi connectivity index (χ2n) is 6.45. The average molecular weight is 443 g/mol. The van der Waals surface area contributed by atoms with E-state index >= 15 is 0 Å². The minimum absolute atomic E-state index is 0. The number of aromatic nitrogens is 1. The van der Waals surface area contributed by atoms with Crippen molar-refractivity contribution in [1.82, 2.24) is 9.88 Å². The van der Waals surface area contributed by atoms with Gasteiger partial charge in [0, 0.05) is 18.0 Å². The van der Waals surface area contributed by atoms with E-state index in [1.165, 1.54) is 30.1 Å². The number of methoxy groups -OCH3 is 1. The van der Waals surface area contributed by atoms with Crippen LogP contribution in [0.25, 0.3) is 21.0 Å². The van der Waals surface area contributed by atoms with Crippen LogP contribution in [0.15, 0.2) is 59.4 Å². The number of halogens is 1. The highest BCUT2D eigenvalue weighted by Crippen LogP contribution is 2.39. The van der Waals surface area contributed by atoms with Crippen LogP contribution >= 0.6 is 23.7 Å². The molecule has 30 heavy (non-hydrogen) atoms. The third-order valence-electron chi connectivity index (χ3n) is 4.80. The lowest BCUT2D eigenvalue weighted by Crippen LogP contribution is -2.25. The van der Waals surface area contributed by atoms with Gasteiger partial charge in [0.1, 0.15) is 10.3 Å². The summed E-state index contributed by atoms with van der Waals surface area (Å²) in [6.45, 7) is -0.104. The van der Waals surface area contributed by atoms with Crippen molar-refractivity contribution in [2.45, 2.75) is 6.54 Å². The van der Waals surface area contributed by atoms with Crippen molar-refractivity contribution in [3.63, 3.8) is 0 Å². The predicted octanol–water partition coefficient (Wildman–Crippen LogP) is 3.89. The summed E-state index contributed by atoms with van der Waals surface area (Å²) in [7, 11) is 2.96. The summed E-state index contributed by atoms with van der Waals surface area (Å²) >= 11 is 1.21. The molecule has 4 aromatic rings. The van der Waals surface area contributed by atoms with E-state index in [9.17, 15) is 14.4 Å². The SMILES string of the molecule is CNC(=O)c1sc2c(c1OC)c(=O)n(CC(=O)c1ccccc1)c1ccccc21.Cl. The molecule has 0 aliphatic heterocycles. The predicted molar refractivity (Wildman–Crippen MR) is 122 cm³/mol. The molecule has 0 aliphatic carbocycles. The second-order valence-corrected chi connectivity index (χ2v) is 7.47. The first kappa shape index (κ1) is 21.5. The van der Waals surface area contributed by atoms with Crippen LogP contribution in [0.1, 0.15) is 20.0 Å². The van der Waals surface area contributed by atoms with Gasteiger partial charge in [-0.3, -0.25) is 19.0 Å². The number of Topliss-reactive ketones (excluding diaryl/α,β-unsaturated/α-hetero) is 1. The number of nitrogens with one attached hydrogen (secondary N) is 1. The van der Waals surface area contributed by atoms with Crippen LogP contribution in [-0.2, 0) is 6.54 Å². The summed E-state index contributed by atoms with van der Waals surface area (Å²) in [6.07, 6.45) is 0. The van der Waals surface area contributed by atoms with Gasteiger partial charge in [-0.2, -0.15) is 0 Å². The number of benzene rings is 2. The van der Waals surface area contributed by atoms with E-state index < -0.39 is 0 Å². The van der Waals surface area contributed by atoms with Crippen molar-refractivity contribution in [2.75, 3.05) is 14.2 Å². The van der Waals surface area contributed by atoms with E-state index in [4.69, 9.17) is 4.74 Å². The molecule has 1 N–H and O–H groups in total. The van der Waals surface area contributed by atoms with Crippen LogP contribution in [0.3, 0.4) is 0 Å². The van der Waals surface area contributed by atoms with Gasteiger partial charge in [-0.1, -0.05) is 48.5 Å². The molecule has 6 nitrogen and oxygen atoms in total. The Balaban J connectivity index is 0.00000256. The molecule has 0 aliphatic rings. The van der Waals surface area contributed by atoms with Crippen LogP contribution < -0.4 is 15.6 Å². The zero-order chi connectivity index (χ0) is 20.5. The van der Waals surface area contributed by atoms with Gasteiger partial charge >= 0.3 is 0 Å². The zero-order valence-corrected chi connectivity index (χ0v) is 17.9. The Hall–Kier alpha value is -3.16. The van der Waals surface area contributed by atoms with E-state index in [2.05, 4.69) is 5.32 Å². The number of pyridine rings is 1. The number of thiophene rings is 1. The number of rotatable bonds is 5. The van der Waals surface area contributed by atoms with Gasteiger partial charge in [0.05, 0.1) is 23.9 Å². The molecule has 0 atom stereocenters. The smallest absolute Gasteiger partial charge is 0.264 e. The summed E-state index contributed by atoms with van der Waals surface area (Å²) in [5, 5.41) is 3.69. The Morgan fingerprint density at radius 1 is 1.07 bits per heavy atom. The molecule has 0 saturated heterocycles. The third kappa shape index (κ3) is 3.46. The van der Waals surface area contributed by atoms with Crippen molar-refractivity contribution in [3.8, 4) is 5.75 Å². The lowest BCUT2D eigenvalue weighted by Gasteiger charge is -2.11. The topological polar surface area (TPSA) is 77.4 Å². The highest BCUT2D eigenvalue weighted by Gasteiger charge is 2.25. The number of carbonyl (C=O) groups excluding carboxylic acids is 2. The quantitative estimate of drug-likeness (QED) is 0.476.